The average Bonchev–Trinajstić information content (AvgIpc) is 3.74. The van der Waals surface area contributed by atoms with Crippen LogP contribution < -0.4 is 21.1 Å². The van der Waals surface area contributed by atoms with E-state index < -0.39 is 0 Å². The van der Waals surface area contributed by atoms with E-state index in [1.54, 1.807) is 41.4 Å². The third kappa shape index (κ3) is 5.77. The molecule has 1 aliphatic heterocycles. The molecule has 0 bridgehead atoms. The van der Waals surface area contributed by atoms with E-state index in [0.29, 0.717) is 40.4 Å². The molecule has 2 atom stereocenters. The van der Waals surface area contributed by atoms with Gasteiger partial charge in [0.25, 0.3) is 5.91 Å². The second-order valence-corrected chi connectivity index (χ2v) is 9.96. The Bertz CT molecular complexity index is 1340. The summed E-state index contributed by atoms with van der Waals surface area (Å²) in [5.41, 5.74) is 9.71. The third-order valence-electron chi connectivity index (χ3n) is 7.08. The topological polar surface area (TPSA) is 133 Å². The number of likely N-dealkylation sites (tertiary alicyclic amines) is 1. The lowest BCUT2D eigenvalue weighted by atomic mass is 9.86. The molecule has 9 heteroatoms. The van der Waals surface area contributed by atoms with Crippen molar-refractivity contribution in [3.05, 3.63) is 71.9 Å². The minimum absolute atomic E-state index is 0.0852. The molecule has 1 aromatic heterocycles. The first kappa shape index (κ1) is 25.3. The molecule has 2 amide bonds. The van der Waals surface area contributed by atoms with E-state index in [9.17, 15) is 9.59 Å². The smallest absolute Gasteiger partial charge is 0.255 e. The second-order valence-electron chi connectivity index (χ2n) is 9.96. The molecule has 3 aromatic rings. The molecular weight excluding hydrogens is 480 g/mol. The van der Waals surface area contributed by atoms with Gasteiger partial charge in [-0.2, -0.15) is 0 Å². The number of pyridine rings is 1. The largest absolute Gasteiger partial charge is 0.490 e. The summed E-state index contributed by atoms with van der Waals surface area (Å²) in [7, 11) is 0. The number of ether oxygens (including phenoxy) is 1. The molecule has 1 saturated carbocycles. The van der Waals surface area contributed by atoms with Crippen LogP contribution in [0.1, 0.15) is 48.5 Å². The number of nitrogens with one attached hydrogen (secondary N) is 3. The lowest BCUT2D eigenvalue weighted by Gasteiger charge is -2.36. The number of nitrogens with zero attached hydrogens (tertiary/aromatic N) is 2. The number of piperidine rings is 1. The van der Waals surface area contributed by atoms with Crippen molar-refractivity contribution >= 4 is 40.9 Å². The highest BCUT2D eigenvalue weighted by molar-refractivity contribution is 6.07. The SMILES string of the molecule is CC1CCC(C(=N)c2ccnc(N)c2Nc2ccc(C(=O)Nc3cccc(OC4CC4)c3)cc2)CN1C=O. The van der Waals surface area contributed by atoms with E-state index in [-0.39, 0.29) is 29.8 Å². The molecule has 5 N–H and O–H groups in total. The zero-order valence-electron chi connectivity index (χ0n) is 21.3. The zero-order valence-corrected chi connectivity index (χ0v) is 21.3. The lowest BCUT2D eigenvalue weighted by Crippen LogP contribution is -2.43. The standard InChI is InChI=1S/C29H32N6O3/c1-18-5-6-20(16-35(18)17-36)26(30)25-13-14-32-28(31)27(25)33-21-9-7-19(8-10-21)29(37)34-22-3-2-4-24(15-22)38-23-11-12-23/h2-4,7-10,13-15,17-18,20,23,30,33H,5-6,11-12,16H2,1H3,(H2,31,32)(H,34,37). The van der Waals surface area contributed by atoms with Crippen LogP contribution in [0.2, 0.25) is 0 Å². The number of nitrogens with two attached hydrogens (primary N) is 1. The number of benzene rings is 2. The van der Waals surface area contributed by atoms with E-state index in [2.05, 4.69) is 15.6 Å². The van der Waals surface area contributed by atoms with Crippen molar-refractivity contribution in [2.45, 2.75) is 44.8 Å². The minimum Gasteiger partial charge on any atom is -0.490 e. The molecule has 2 aromatic carbocycles. The Hall–Kier alpha value is -4.40. The molecule has 38 heavy (non-hydrogen) atoms. The van der Waals surface area contributed by atoms with Gasteiger partial charge < -0.3 is 31.4 Å². The highest BCUT2D eigenvalue weighted by Gasteiger charge is 2.29. The molecule has 0 radical (unpaired) electrons. The summed E-state index contributed by atoms with van der Waals surface area (Å²) in [5, 5.41) is 15.1. The minimum atomic E-state index is -0.227. The number of anilines is 4. The highest BCUT2D eigenvalue weighted by atomic mass is 16.5. The number of carbonyl (C=O) groups excluding carboxylic acids is 2. The van der Waals surface area contributed by atoms with Crippen molar-refractivity contribution in [3.8, 4) is 5.75 Å². The predicted molar refractivity (Wildman–Crippen MR) is 148 cm³/mol. The van der Waals surface area contributed by atoms with Crippen LogP contribution in [-0.2, 0) is 4.79 Å². The van der Waals surface area contributed by atoms with Crippen molar-refractivity contribution in [2.24, 2.45) is 5.92 Å². The maximum absolute atomic E-state index is 12.8. The van der Waals surface area contributed by atoms with Gasteiger partial charge in [0.1, 0.15) is 11.6 Å². The fraction of sp³-hybridized carbons (Fsp3) is 0.310. The number of aromatic nitrogens is 1. The van der Waals surface area contributed by atoms with Crippen LogP contribution in [0, 0.1) is 11.3 Å². The van der Waals surface area contributed by atoms with Gasteiger partial charge in [0.05, 0.1) is 11.8 Å². The van der Waals surface area contributed by atoms with Crippen molar-refractivity contribution in [1.82, 2.24) is 9.88 Å². The fourth-order valence-electron chi connectivity index (χ4n) is 4.65. The second kappa shape index (κ2) is 10.9. The summed E-state index contributed by atoms with van der Waals surface area (Å²) in [6.07, 6.45) is 6.55. The van der Waals surface area contributed by atoms with Crippen LogP contribution in [0.25, 0.3) is 0 Å². The van der Waals surface area contributed by atoms with Crippen molar-refractivity contribution in [1.29, 1.82) is 5.41 Å². The molecule has 1 aliphatic carbocycles. The molecule has 196 valence electrons. The van der Waals surface area contributed by atoms with Crippen molar-refractivity contribution in [2.75, 3.05) is 22.9 Å². The van der Waals surface area contributed by atoms with Crippen LogP contribution in [0.4, 0.5) is 22.9 Å². The third-order valence-corrected chi connectivity index (χ3v) is 7.08. The monoisotopic (exact) mass is 512 g/mol. The zero-order chi connectivity index (χ0) is 26.6. The van der Waals surface area contributed by atoms with Gasteiger partial charge in [0.15, 0.2) is 0 Å². The molecule has 0 spiro atoms. The number of amides is 2. The number of rotatable bonds is 9. The first-order chi connectivity index (χ1) is 18.4. The normalized spacial score (nSPS) is 18.9. The van der Waals surface area contributed by atoms with Crippen LogP contribution in [0.15, 0.2) is 60.8 Å². The Labute approximate surface area is 221 Å². The van der Waals surface area contributed by atoms with Gasteiger partial charge in [-0.15, -0.1) is 0 Å². The van der Waals surface area contributed by atoms with Crippen LogP contribution in [0.5, 0.6) is 5.75 Å². The van der Waals surface area contributed by atoms with E-state index in [4.69, 9.17) is 15.9 Å². The summed E-state index contributed by atoms with van der Waals surface area (Å²) >= 11 is 0. The summed E-state index contributed by atoms with van der Waals surface area (Å²) < 4.78 is 5.81. The van der Waals surface area contributed by atoms with E-state index in [0.717, 1.165) is 37.8 Å². The maximum Gasteiger partial charge on any atom is 0.255 e. The predicted octanol–water partition coefficient (Wildman–Crippen LogP) is 4.83. The van der Waals surface area contributed by atoms with Gasteiger partial charge in [0.2, 0.25) is 6.41 Å². The molecule has 2 unspecified atom stereocenters. The quantitative estimate of drug-likeness (QED) is 0.240. The Kier molecular flexibility index (Phi) is 7.26. The number of nitrogen functional groups attached to an aromatic ring is 1. The van der Waals surface area contributed by atoms with Gasteiger partial charge in [-0.1, -0.05) is 6.07 Å². The number of hydrogen-bond acceptors (Lipinski definition) is 7. The van der Waals surface area contributed by atoms with E-state index in [1.165, 1.54) is 0 Å². The van der Waals surface area contributed by atoms with E-state index in [1.807, 2.05) is 31.2 Å². The Morgan fingerprint density at radius 3 is 2.63 bits per heavy atom. The summed E-state index contributed by atoms with van der Waals surface area (Å²) in [6, 6.07) is 16.4. The summed E-state index contributed by atoms with van der Waals surface area (Å²) in [4.78, 5) is 30.2. The lowest BCUT2D eigenvalue weighted by molar-refractivity contribution is -0.121. The molecule has 9 nitrogen and oxygen atoms in total. The van der Waals surface area contributed by atoms with Gasteiger partial charge >= 0.3 is 0 Å². The van der Waals surface area contributed by atoms with Gasteiger partial charge in [0, 0.05) is 59.0 Å². The summed E-state index contributed by atoms with van der Waals surface area (Å²) in [5.74, 6) is 0.716. The first-order valence-electron chi connectivity index (χ1n) is 12.9. The van der Waals surface area contributed by atoms with Crippen molar-refractivity contribution < 1.29 is 14.3 Å². The first-order valence-corrected chi connectivity index (χ1v) is 12.9. The van der Waals surface area contributed by atoms with Crippen LogP contribution >= 0.6 is 0 Å². The Morgan fingerprint density at radius 2 is 1.89 bits per heavy atom. The van der Waals surface area contributed by atoms with Crippen LogP contribution in [0.3, 0.4) is 0 Å². The number of hydrogen-bond donors (Lipinski definition) is 4. The fourth-order valence-corrected chi connectivity index (χ4v) is 4.65. The van der Waals surface area contributed by atoms with Crippen LogP contribution in [-0.4, -0.2) is 46.6 Å². The Morgan fingerprint density at radius 1 is 1.11 bits per heavy atom. The van der Waals surface area contributed by atoms with Gasteiger partial charge in [-0.25, -0.2) is 4.98 Å². The molecule has 5 rings (SSSR count). The maximum atomic E-state index is 12.8. The van der Waals surface area contributed by atoms with E-state index >= 15 is 0 Å². The molecular formula is C29H32N6O3. The summed E-state index contributed by atoms with van der Waals surface area (Å²) in [6.45, 7) is 2.53. The molecule has 2 aliphatic rings. The average molecular weight is 513 g/mol. The van der Waals surface area contributed by atoms with Crippen molar-refractivity contribution in [3.63, 3.8) is 0 Å². The molecule has 2 fully saturated rings. The van der Waals surface area contributed by atoms with Gasteiger partial charge in [-0.05, 0) is 75.1 Å². The highest BCUT2D eigenvalue weighted by Crippen LogP contribution is 2.32. The molecule has 2 heterocycles. The Balaban J connectivity index is 1.27. The molecule has 1 saturated heterocycles. The van der Waals surface area contributed by atoms with Gasteiger partial charge in [-0.3, -0.25) is 9.59 Å². The number of carbonyl (C=O) groups is 2.